The van der Waals surface area contributed by atoms with E-state index >= 15 is 0 Å². The van der Waals surface area contributed by atoms with Gasteiger partial charge in [-0.2, -0.15) is 0 Å². The minimum Gasteiger partial charge on any atom is -0.507 e. The van der Waals surface area contributed by atoms with Gasteiger partial charge in [-0.15, -0.1) is 0 Å². The van der Waals surface area contributed by atoms with Crippen LogP contribution in [0.3, 0.4) is 0 Å². The number of rotatable bonds is 20. The van der Waals surface area contributed by atoms with Crippen molar-refractivity contribution in [3.05, 3.63) is 53.6 Å². The van der Waals surface area contributed by atoms with Crippen LogP contribution in [0.25, 0.3) is 11.1 Å². The van der Waals surface area contributed by atoms with Gasteiger partial charge >= 0.3 is 0 Å². The van der Waals surface area contributed by atoms with E-state index in [-0.39, 0.29) is 0 Å². The summed E-state index contributed by atoms with van der Waals surface area (Å²) in [5.74, 6) is 0.441. The molecule has 0 aliphatic carbocycles. The molecule has 0 amide bonds. The number of aromatic hydroxyl groups is 1. The highest BCUT2D eigenvalue weighted by Crippen LogP contribution is 2.36. The Kier molecular flexibility index (Phi) is 15.5. The van der Waals surface area contributed by atoms with Gasteiger partial charge in [-0.1, -0.05) is 147 Å². The van der Waals surface area contributed by atoms with E-state index in [1.807, 2.05) is 6.07 Å². The summed E-state index contributed by atoms with van der Waals surface area (Å²) in [7, 11) is 0. The molecular weight excluding hydrogens is 412 g/mol. The topological polar surface area (TPSA) is 20.2 Å². The van der Waals surface area contributed by atoms with Crippen LogP contribution in [0.4, 0.5) is 0 Å². The first kappa shape index (κ1) is 28.5. The summed E-state index contributed by atoms with van der Waals surface area (Å²) < 4.78 is 0. The molecule has 2 aromatic carbocycles. The van der Waals surface area contributed by atoms with Gasteiger partial charge in [0.1, 0.15) is 5.75 Å². The second-order valence-electron chi connectivity index (χ2n) is 10.3. The minimum atomic E-state index is 0.441. The first-order valence-corrected chi connectivity index (χ1v) is 14.7. The molecule has 2 rings (SSSR count). The van der Waals surface area contributed by atoms with Crippen LogP contribution in [0.5, 0.6) is 5.75 Å². The van der Waals surface area contributed by atoms with Crippen molar-refractivity contribution in [2.24, 2.45) is 0 Å². The summed E-state index contributed by atoms with van der Waals surface area (Å²) in [6.07, 6.45) is 25.2. The zero-order valence-electron chi connectivity index (χ0n) is 22.4. The van der Waals surface area contributed by atoms with E-state index in [0.717, 1.165) is 24.0 Å². The molecule has 0 atom stereocenters. The first-order chi connectivity index (χ1) is 16.8. The number of phenolic OH excluding ortho intramolecular Hbond substituents is 1. The van der Waals surface area contributed by atoms with Gasteiger partial charge in [0.25, 0.3) is 0 Å². The standard InChI is InChI=1S/C33H52O/c1-3-5-7-9-11-12-13-15-17-22-26-31-29(23-19-16-14-10-8-6-4-2)27-28-32(34)33(31)30-24-20-18-21-25-30/h18,20-21,24-25,27-28,34H,3-17,19,22-23,26H2,1-2H3. The zero-order chi connectivity index (χ0) is 24.3. The van der Waals surface area contributed by atoms with Gasteiger partial charge in [-0.3, -0.25) is 0 Å². The minimum absolute atomic E-state index is 0.441. The Bertz CT molecular complexity index is 749. The summed E-state index contributed by atoms with van der Waals surface area (Å²) in [6.45, 7) is 4.57. The van der Waals surface area contributed by atoms with Crippen LogP contribution < -0.4 is 0 Å². The lowest BCUT2D eigenvalue weighted by Gasteiger charge is -2.17. The molecule has 0 fully saturated rings. The van der Waals surface area contributed by atoms with Gasteiger partial charge in [0.05, 0.1) is 0 Å². The second-order valence-corrected chi connectivity index (χ2v) is 10.3. The summed E-state index contributed by atoms with van der Waals surface area (Å²) >= 11 is 0. The quantitative estimate of drug-likeness (QED) is 0.193. The lowest BCUT2D eigenvalue weighted by molar-refractivity contribution is 0.476. The van der Waals surface area contributed by atoms with Crippen molar-refractivity contribution in [2.45, 2.75) is 136 Å². The third-order valence-corrected chi connectivity index (χ3v) is 7.28. The number of hydrogen-bond acceptors (Lipinski definition) is 1. The fourth-order valence-electron chi connectivity index (χ4n) is 5.19. The highest BCUT2D eigenvalue weighted by Gasteiger charge is 2.14. The molecule has 0 aromatic heterocycles. The van der Waals surface area contributed by atoms with Crippen molar-refractivity contribution >= 4 is 0 Å². The summed E-state index contributed by atoms with van der Waals surface area (Å²) in [6, 6.07) is 14.7. The second kappa shape index (κ2) is 18.6. The van der Waals surface area contributed by atoms with Crippen LogP contribution in [0, 0.1) is 0 Å². The van der Waals surface area contributed by atoms with E-state index in [2.05, 4.69) is 50.2 Å². The molecule has 0 saturated heterocycles. The largest absolute Gasteiger partial charge is 0.507 e. The summed E-state index contributed by atoms with van der Waals surface area (Å²) in [5.41, 5.74) is 5.10. The number of benzene rings is 2. The average Bonchev–Trinajstić information content (AvgIpc) is 2.86. The Balaban J connectivity index is 1.91. The maximum absolute atomic E-state index is 10.8. The first-order valence-electron chi connectivity index (χ1n) is 14.7. The predicted molar refractivity (Wildman–Crippen MR) is 151 cm³/mol. The molecule has 1 heteroatoms. The molecule has 0 saturated carbocycles. The van der Waals surface area contributed by atoms with Crippen molar-refractivity contribution in [2.75, 3.05) is 0 Å². The molecule has 0 aliphatic rings. The molecule has 34 heavy (non-hydrogen) atoms. The molecule has 1 N–H and O–H groups in total. The maximum atomic E-state index is 10.8. The SMILES string of the molecule is CCCCCCCCCCCCc1c(CCCCCCCCC)ccc(O)c1-c1ccccc1. The Labute approximate surface area is 211 Å². The van der Waals surface area contributed by atoms with Crippen LogP contribution in [0.15, 0.2) is 42.5 Å². The Morgan fingerprint density at radius 1 is 0.500 bits per heavy atom. The van der Waals surface area contributed by atoms with Gasteiger partial charge < -0.3 is 5.11 Å². The normalized spacial score (nSPS) is 11.2. The molecule has 0 spiro atoms. The van der Waals surface area contributed by atoms with Crippen LogP contribution >= 0.6 is 0 Å². The number of aryl methyl sites for hydroxylation is 1. The molecule has 0 radical (unpaired) electrons. The summed E-state index contributed by atoms with van der Waals surface area (Å²) in [4.78, 5) is 0. The lowest BCUT2D eigenvalue weighted by Crippen LogP contribution is -2.00. The zero-order valence-corrected chi connectivity index (χ0v) is 22.4. The Morgan fingerprint density at radius 2 is 0.971 bits per heavy atom. The molecule has 0 aliphatic heterocycles. The predicted octanol–water partition coefficient (Wildman–Crippen LogP) is 10.8. The van der Waals surface area contributed by atoms with Gasteiger partial charge in [0, 0.05) is 5.56 Å². The van der Waals surface area contributed by atoms with Crippen LogP contribution in [-0.4, -0.2) is 5.11 Å². The van der Waals surface area contributed by atoms with Crippen LogP contribution in [-0.2, 0) is 12.8 Å². The van der Waals surface area contributed by atoms with Crippen molar-refractivity contribution in [1.29, 1.82) is 0 Å². The van der Waals surface area contributed by atoms with Gasteiger partial charge in [0.15, 0.2) is 0 Å². The lowest BCUT2D eigenvalue weighted by atomic mass is 9.88. The number of hydrogen-bond donors (Lipinski definition) is 1. The maximum Gasteiger partial charge on any atom is 0.123 e. The third-order valence-electron chi connectivity index (χ3n) is 7.28. The van der Waals surface area contributed by atoms with Crippen LogP contribution in [0.2, 0.25) is 0 Å². The number of unbranched alkanes of at least 4 members (excludes halogenated alkanes) is 15. The van der Waals surface area contributed by atoms with Gasteiger partial charge in [-0.25, -0.2) is 0 Å². The third kappa shape index (κ3) is 11.1. The molecule has 0 bridgehead atoms. The fourth-order valence-corrected chi connectivity index (χ4v) is 5.19. The molecule has 0 unspecified atom stereocenters. The fraction of sp³-hybridized carbons (Fsp3) is 0.636. The Morgan fingerprint density at radius 3 is 1.50 bits per heavy atom. The van der Waals surface area contributed by atoms with Gasteiger partial charge in [-0.05, 0) is 48.4 Å². The van der Waals surface area contributed by atoms with Crippen molar-refractivity contribution in [3.8, 4) is 16.9 Å². The molecular formula is C33H52O. The van der Waals surface area contributed by atoms with E-state index in [1.165, 1.54) is 120 Å². The Hall–Kier alpha value is -1.76. The highest BCUT2D eigenvalue weighted by atomic mass is 16.3. The van der Waals surface area contributed by atoms with E-state index in [4.69, 9.17) is 0 Å². The molecule has 0 heterocycles. The van der Waals surface area contributed by atoms with Crippen molar-refractivity contribution < 1.29 is 5.11 Å². The summed E-state index contributed by atoms with van der Waals surface area (Å²) in [5, 5.41) is 10.8. The average molecular weight is 465 g/mol. The van der Waals surface area contributed by atoms with E-state index in [1.54, 1.807) is 0 Å². The smallest absolute Gasteiger partial charge is 0.123 e. The number of phenols is 1. The monoisotopic (exact) mass is 464 g/mol. The van der Waals surface area contributed by atoms with Crippen molar-refractivity contribution in [3.63, 3.8) is 0 Å². The molecule has 2 aromatic rings. The molecule has 1 nitrogen and oxygen atoms in total. The molecule has 190 valence electrons. The van der Waals surface area contributed by atoms with E-state index < -0.39 is 0 Å². The highest BCUT2D eigenvalue weighted by molar-refractivity contribution is 5.75. The van der Waals surface area contributed by atoms with Gasteiger partial charge in [0.2, 0.25) is 0 Å². The van der Waals surface area contributed by atoms with E-state index in [9.17, 15) is 5.11 Å². The van der Waals surface area contributed by atoms with Crippen LogP contribution in [0.1, 0.15) is 134 Å². The van der Waals surface area contributed by atoms with E-state index in [0.29, 0.717) is 5.75 Å². The van der Waals surface area contributed by atoms with Crippen molar-refractivity contribution in [1.82, 2.24) is 0 Å².